The number of ether oxygens (including phenoxy) is 1. The molecule has 76 valence electrons. The fraction of sp³-hybridized carbons (Fsp3) is 0.364. The average molecular weight is 194 g/mol. The summed E-state index contributed by atoms with van der Waals surface area (Å²) in [7, 11) is 1.48. The number of carbonyl (C=O) groups excluding carboxylic acids is 1. The van der Waals surface area contributed by atoms with E-state index in [2.05, 4.69) is 0 Å². The maximum Gasteiger partial charge on any atom is 0.163 e. The van der Waals surface area contributed by atoms with Gasteiger partial charge < -0.3 is 9.84 Å². The molecule has 0 unspecified atom stereocenters. The second-order valence-corrected chi connectivity index (χ2v) is 3.12. The van der Waals surface area contributed by atoms with Crippen LogP contribution in [-0.4, -0.2) is 18.0 Å². The Kier molecular flexibility index (Phi) is 3.12. The third-order valence-electron chi connectivity index (χ3n) is 2.15. The van der Waals surface area contributed by atoms with E-state index in [0.29, 0.717) is 17.7 Å². The lowest BCUT2D eigenvalue weighted by molar-refractivity contribution is 0.0987. The summed E-state index contributed by atoms with van der Waals surface area (Å²) in [4.78, 5) is 11.4. The predicted octanol–water partition coefficient (Wildman–Crippen LogP) is 2.30. The molecule has 0 aromatic heterocycles. The van der Waals surface area contributed by atoms with Crippen LogP contribution in [0.15, 0.2) is 12.1 Å². The van der Waals surface area contributed by atoms with Gasteiger partial charge in [0.25, 0.3) is 0 Å². The van der Waals surface area contributed by atoms with Crippen molar-refractivity contribution in [2.45, 2.75) is 20.3 Å². The number of Topliss-reactive ketones (excluding diaryl/α,β-unsaturated/α-hetero) is 1. The molecule has 0 fully saturated rings. The van der Waals surface area contributed by atoms with Crippen LogP contribution in [0, 0.1) is 6.92 Å². The van der Waals surface area contributed by atoms with E-state index in [-0.39, 0.29) is 11.5 Å². The van der Waals surface area contributed by atoms with Gasteiger partial charge in [-0.05, 0) is 24.6 Å². The number of carbonyl (C=O) groups is 1. The number of phenolic OH excluding ortho intramolecular Hbond substituents is 1. The van der Waals surface area contributed by atoms with Crippen molar-refractivity contribution < 1.29 is 14.6 Å². The van der Waals surface area contributed by atoms with E-state index < -0.39 is 0 Å². The Morgan fingerprint density at radius 2 is 2.14 bits per heavy atom. The average Bonchev–Trinajstić information content (AvgIpc) is 2.19. The molecule has 1 N–H and O–H groups in total. The Bertz CT molecular complexity index is 356. The summed E-state index contributed by atoms with van der Waals surface area (Å²) >= 11 is 0. The van der Waals surface area contributed by atoms with Gasteiger partial charge in [-0.15, -0.1) is 0 Å². The molecule has 1 aromatic rings. The molecular formula is C11H14O3. The van der Waals surface area contributed by atoms with Gasteiger partial charge in [0.15, 0.2) is 17.3 Å². The predicted molar refractivity (Wildman–Crippen MR) is 54.0 cm³/mol. The summed E-state index contributed by atoms with van der Waals surface area (Å²) in [5.74, 6) is 0.436. The minimum atomic E-state index is 0.00917. The summed E-state index contributed by atoms with van der Waals surface area (Å²) in [6.45, 7) is 3.62. The second kappa shape index (κ2) is 4.13. The van der Waals surface area contributed by atoms with Crippen LogP contribution in [0.4, 0.5) is 0 Å². The lowest BCUT2D eigenvalue weighted by Gasteiger charge is -2.08. The van der Waals surface area contributed by atoms with Gasteiger partial charge in [-0.3, -0.25) is 4.79 Å². The summed E-state index contributed by atoms with van der Waals surface area (Å²) in [6, 6.07) is 3.12. The van der Waals surface area contributed by atoms with Crippen molar-refractivity contribution in [2.75, 3.05) is 7.11 Å². The molecule has 1 aromatic carbocycles. The monoisotopic (exact) mass is 194 g/mol. The number of hydrogen-bond acceptors (Lipinski definition) is 3. The van der Waals surface area contributed by atoms with Crippen molar-refractivity contribution in [1.29, 1.82) is 0 Å². The molecule has 0 aliphatic heterocycles. The number of methoxy groups -OCH3 is 1. The Morgan fingerprint density at radius 3 is 2.64 bits per heavy atom. The van der Waals surface area contributed by atoms with Crippen LogP contribution in [-0.2, 0) is 0 Å². The first-order chi connectivity index (χ1) is 6.60. The lowest BCUT2D eigenvalue weighted by Crippen LogP contribution is -2.00. The van der Waals surface area contributed by atoms with E-state index >= 15 is 0 Å². The Balaban J connectivity index is 3.21. The third-order valence-corrected chi connectivity index (χ3v) is 2.15. The standard InChI is InChI=1S/C11H14O3/c1-4-9(12)8-6-10(13)11(14-3)5-7(8)2/h5-6,13H,4H2,1-3H3. The smallest absolute Gasteiger partial charge is 0.163 e. The number of hydrogen-bond donors (Lipinski definition) is 1. The fourth-order valence-electron chi connectivity index (χ4n) is 1.32. The highest BCUT2D eigenvalue weighted by Crippen LogP contribution is 2.29. The SMILES string of the molecule is CCC(=O)c1cc(O)c(OC)cc1C. The molecule has 0 amide bonds. The lowest BCUT2D eigenvalue weighted by atomic mass is 10.0. The fourth-order valence-corrected chi connectivity index (χ4v) is 1.32. The summed E-state index contributed by atoms with van der Waals surface area (Å²) < 4.78 is 4.93. The molecule has 0 bridgehead atoms. The zero-order valence-electron chi connectivity index (χ0n) is 8.63. The number of aromatic hydroxyl groups is 1. The van der Waals surface area contributed by atoms with Crippen molar-refractivity contribution in [1.82, 2.24) is 0 Å². The van der Waals surface area contributed by atoms with E-state index in [1.807, 2.05) is 6.92 Å². The molecule has 0 radical (unpaired) electrons. The topological polar surface area (TPSA) is 46.5 Å². The molecule has 0 saturated heterocycles. The van der Waals surface area contributed by atoms with Crippen molar-refractivity contribution in [2.24, 2.45) is 0 Å². The van der Waals surface area contributed by atoms with Gasteiger partial charge in [0.1, 0.15) is 0 Å². The van der Waals surface area contributed by atoms with Gasteiger partial charge in [0.05, 0.1) is 7.11 Å². The first-order valence-electron chi connectivity index (χ1n) is 4.51. The minimum absolute atomic E-state index is 0.00917. The molecule has 1 rings (SSSR count). The van der Waals surface area contributed by atoms with Crippen LogP contribution in [0.2, 0.25) is 0 Å². The Morgan fingerprint density at radius 1 is 1.50 bits per heavy atom. The van der Waals surface area contributed by atoms with Crippen molar-refractivity contribution >= 4 is 5.78 Å². The summed E-state index contributed by atoms with van der Waals surface area (Å²) in [6.07, 6.45) is 0.437. The largest absolute Gasteiger partial charge is 0.504 e. The van der Waals surface area contributed by atoms with E-state index in [1.54, 1.807) is 13.0 Å². The van der Waals surface area contributed by atoms with Crippen LogP contribution >= 0.6 is 0 Å². The molecule has 3 nitrogen and oxygen atoms in total. The Hall–Kier alpha value is -1.51. The zero-order valence-corrected chi connectivity index (χ0v) is 8.63. The van der Waals surface area contributed by atoms with Crippen LogP contribution in [0.5, 0.6) is 11.5 Å². The Labute approximate surface area is 83.3 Å². The summed E-state index contributed by atoms with van der Waals surface area (Å²) in [5.41, 5.74) is 1.39. The van der Waals surface area contributed by atoms with E-state index in [4.69, 9.17) is 4.74 Å². The highest BCUT2D eigenvalue weighted by molar-refractivity contribution is 5.97. The zero-order chi connectivity index (χ0) is 10.7. The molecule has 0 aliphatic carbocycles. The number of benzene rings is 1. The van der Waals surface area contributed by atoms with Gasteiger partial charge in [-0.1, -0.05) is 6.92 Å². The molecule has 14 heavy (non-hydrogen) atoms. The van der Waals surface area contributed by atoms with Gasteiger partial charge in [0, 0.05) is 12.0 Å². The third kappa shape index (κ3) is 1.87. The molecular weight excluding hydrogens is 180 g/mol. The van der Waals surface area contributed by atoms with Crippen molar-refractivity contribution in [3.05, 3.63) is 23.3 Å². The number of phenols is 1. The normalized spacial score (nSPS) is 9.93. The maximum absolute atomic E-state index is 11.4. The van der Waals surface area contributed by atoms with Crippen LogP contribution in [0.25, 0.3) is 0 Å². The first kappa shape index (κ1) is 10.6. The van der Waals surface area contributed by atoms with Gasteiger partial charge >= 0.3 is 0 Å². The van der Waals surface area contributed by atoms with Crippen LogP contribution in [0.1, 0.15) is 29.3 Å². The second-order valence-electron chi connectivity index (χ2n) is 3.12. The highest BCUT2D eigenvalue weighted by Gasteiger charge is 2.11. The van der Waals surface area contributed by atoms with E-state index in [0.717, 1.165) is 5.56 Å². The quantitative estimate of drug-likeness (QED) is 0.751. The molecule has 3 heteroatoms. The maximum atomic E-state index is 11.4. The van der Waals surface area contributed by atoms with Crippen LogP contribution < -0.4 is 4.74 Å². The molecule has 0 atom stereocenters. The minimum Gasteiger partial charge on any atom is -0.504 e. The van der Waals surface area contributed by atoms with Crippen molar-refractivity contribution in [3.63, 3.8) is 0 Å². The molecule has 0 saturated carbocycles. The molecule has 0 aliphatic rings. The van der Waals surface area contributed by atoms with E-state index in [9.17, 15) is 9.90 Å². The van der Waals surface area contributed by atoms with Crippen LogP contribution in [0.3, 0.4) is 0 Å². The van der Waals surface area contributed by atoms with Gasteiger partial charge in [-0.25, -0.2) is 0 Å². The number of ketones is 1. The van der Waals surface area contributed by atoms with Crippen molar-refractivity contribution in [3.8, 4) is 11.5 Å². The molecule has 0 spiro atoms. The van der Waals surface area contributed by atoms with E-state index in [1.165, 1.54) is 13.2 Å². The van der Waals surface area contributed by atoms with Gasteiger partial charge in [-0.2, -0.15) is 0 Å². The van der Waals surface area contributed by atoms with Gasteiger partial charge in [0.2, 0.25) is 0 Å². The number of aryl methyl sites for hydroxylation is 1. The first-order valence-corrected chi connectivity index (χ1v) is 4.51. The number of rotatable bonds is 3. The molecule has 0 heterocycles. The summed E-state index contributed by atoms with van der Waals surface area (Å²) in [5, 5.41) is 9.48. The highest BCUT2D eigenvalue weighted by atomic mass is 16.5.